The molecule has 1 aliphatic rings. The van der Waals surface area contributed by atoms with E-state index in [0.717, 1.165) is 25.9 Å². The summed E-state index contributed by atoms with van der Waals surface area (Å²) in [6, 6.07) is 0. The minimum Gasteiger partial charge on any atom is -0.465 e. The molecular weight excluding hydrogens is 170 g/mol. The fourth-order valence-corrected chi connectivity index (χ4v) is 1.70. The van der Waals surface area contributed by atoms with Crippen LogP contribution in [0.25, 0.3) is 0 Å². The molecule has 0 aromatic rings. The fraction of sp³-hybridized carbons (Fsp3) is 0.889. The van der Waals surface area contributed by atoms with Gasteiger partial charge in [-0.15, -0.1) is 0 Å². The van der Waals surface area contributed by atoms with Crippen LogP contribution in [-0.4, -0.2) is 42.9 Å². The zero-order valence-corrected chi connectivity index (χ0v) is 8.03. The van der Waals surface area contributed by atoms with Gasteiger partial charge in [0.15, 0.2) is 0 Å². The second-order valence-corrected chi connectivity index (χ2v) is 3.49. The van der Waals surface area contributed by atoms with Gasteiger partial charge in [-0.05, 0) is 25.2 Å². The number of rotatable bonds is 3. The van der Waals surface area contributed by atoms with E-state index in [-0.39, 0.29) is 0 Å². The molecule has 1 N–H and O–H groups in total. The van der Waals surface area contributed by atoms with E-state index < -0.39 is 6.09 Å². The number of hydrogen-bond acceptors (Lipinski definition) is 2. The molecule has 1 amide bonds. The van der Waals surface area contributed by atoms with Crippen molar-refractivity contribution in [2.75, 3.05) is 26.8 Å². The van der Waals surface area contributed by atoms with Crippen LogP contribution in [0.5, 0.6) is 0 Å². The Bertz CT molecular complexity index is 164. The molecule has 4 nitrogen and oxygen atoms in total. The Labute approximate surface area is 78.5 Å². The third kappa shape index (κ3) is 3.22. The maximum absolute atomic E-state index is 10.6. The normalized spacial score (nSPS) is 19.0. The van der Waals surface area contributed by atoms with Gasteiger partial charge in [-0.3, -0.25) is 0 Å². The lowest BCUT2D eigenvalue weighted by Gasteiger charge is -2.29. The highest BCUT2D eigenvalue weighted by atomic mass is 16.5. The number of carbonyl (C=O) groups is 1. The summed E-state index contributed by atoms with van der Waals surface area (Å²) in [5.74, 6) is 0.649. The SMILES string of the molecule is COCCC1CCN(C(=O)O)CC1. The average molecular weight is 187 g/mol. The first-order valence-corrected chi connectivity index (χ1v) is 4.71. The third-order valence-electron chi connectivity index (χ3n) is 2.62. The van der Waals surface area contributed by atoms with Gasteiger partial charge < -0.3 is 14.7 Å². The molecule has 1 aliphatic heterocycles. The number of piperidine rings is 1. The largest absolute Gasteiger partial charge is 0.465 e. The van der Waals surface area contributed by atoms with Crippen molar-refractivity contribution >= 4 is 6.09 Å². The van der Waals surface area contributed by atoms with Crippen LogP contribution in [-0.2, 0) is 4.74 Å². The molecule has 13 heavy (non-hydrogen) atoms. The Morgan fingerprint density at radius 1 is 1.54 bits per heavy atom. The van der Waals surface area contributed by atoms with Crippen molar-refractivity contribution in [3.63, 3.8) is 0 Å². The summed E-state index contributed by atoms with van der Waals surface area (Å²) >= 11 is 0. The van der Waals surface area contributed by atoms with Crippen LogP contribution in [0.2, 0.25) is 0 Å². The smallest absolute Gasteiger partial charge is 0.407 e. The molecule has 0 radical (unpaired) electrons. The molecular formula is C9H17NO3. The van der Waals surface area contributed by atoms with E-state index in [1.54, 1.807) is 7.11 Å². The monoisotopic (exact) mass is 187 g/mol. The molecule has 76 valence electrons. The minimum atomic E-state index is -0.787. The molecule has 0 spiro atoms. The molecule has 0 unspecified atom stereocenters. The van der Waals surface area contributed by atoms with Crippen molar-refractivity contribution in [3.05, 3.63) is 0 Å². The average Bonchev–Trinajstić information content (AvgIpc) is 2.15. The van der Waals surface area contributed by atoms with Gasteiger partial charge in [0.2, 0.25) is 0 Å². The first-order chi connectivity index (χ1) is 6.24. The Balaban J connectivity index is 2.18. The molecule has 0 aliphatic carbocycles. The summed E-state index contributed by atoms with van der Waals surface area (Å²) < 4.78 is 4.99. The predicted octanol–water partition coefficient (Wildman–Crippen LogP) is 1.41. The maximum Gasteiger partial charge on any atom is 0.407 e. The van der Waals surface area contributed by atoms with Crippen molar-refractivity contribution in [1.29, 1.82) is 0 Å². The topological polar surface area (TPSA) is 49.8 Å². The van der Waals surface area contributed by atoms with Crippen molar-refractivity contribution < 1.29 is 14.6 Å². The maximum atomic E-state index is 10.6. The second kappa shape index (κ2) is 5.07. The molecule has 0 aromatic carbocycles. The first kappa shape index (κ1) is 10.3. The van der Waals surface area contributed by atoms with Crippen LogP contribution in [0.3, 0.4) is 0 Å². The van der Waals surface area contributed by atoms with Crippen LogP contribution in [0.1, 0.15) is 19.3 Å². The van der Waals surface area contributed by atoms with Crippen molar-refractivity contribution in [3.8, 4) is 0 Å². The van der Waals surface area contributed by atoms with Gasteiger partial charge in [0.05, 0.1) is 0 Å². The van der Waals surface area contributed by atoms with E-state index in [4.69, 9.17) is 9.84 Å². The van der Waals surface area contributed by atoms with Gasteiger partial charge in [-0.2, -0.15) is 0 Å². The molecule has 0 saturated carbocycles. The Morgan fingerprint density at radius 2 is 2.15 bits per heavy atom. The molecule has 0 atom stereocenters. The lowest BCUT2D eigenvalue weighted by atomic mass is 9.94. The molecule has 1 heterocycles. The predicted molar refractivity (Wildman–Crippen MR) is 48.8 cm³/mol. The molecule has 1 rings (SSSR count). The van der Waals surface area contributed by atoms with Crippen molar-refractivity contribution in [2.45, 2.75) is 19.3 Å². The van der Waals surface area contributed by atoms with Gasteiger partial charge in [-0.1, -0.05) is 0 Å². The summed E-state index contributed by atoms with van der Waals surface area (Å²) in [6.45, 7) is 2.16. The summed E-state index contributed by atoms with van der Waals surface area (Å²) in [5.41, 5.74) is 0. The number of ether oxygens (including phenoxy) is 1. The van der Waals surface area contributed by atoms with Gasteiger partial charge in [-0.25, -0.2) is 4.79 Å². The van der Waals surface area contributed by atoms with E-state index in [9.17, 15) is 4.79 Å². The molecule has 1 fully saturated rings. The standard InChI is InChI=1S/C9H17NO3/c1-13-7-4-8-2-5-10(6-3-8)9(11)12/h8H,2-7H2,1H3,(H,11,12). The van der Waals surface area contributed by atoms with Gasteiger partial charge in [0, 0.05) is 26.8 Å². The molecule has 0 bridgehead atoms. The zero-order valence-electron chi connectivity index (χ0n) is 8.03. The number of hydrogen-bond donors (Lipinski definition) is 1. The lowest BCUT2D eigenvalue weighted by molar-refractivity contribution is 0.112. The second-order valence-electron chi connectivity index (χ2n) is 3.49. The Hall–Kier alpha value is -0.770. The highest BCUT2D eigenvalue weighted by Gasteiger charge is 2.21. The highest BCUT2D eigenvalue weighted by Crippen LogP contribution is 2.20. The zero-order chi connectivity index (χ0) is 9.68. The lowest BCUT2D eigenvalue weighted by Crippen LogP contribution is -2.37. The van der Waals surface area contributed by atoms with Crippen LogP contribution in [0.15, 0.2) is 0 Å². The molecule has 1 saturated heterocycles. The van der Waals surface area contributed by atoms with Crippen LogP contribution in [0, 0.1) is 5.92 Å². The van der Waals surface area contributed by atoms with Gasteiger partial charge in [0.1, 0.15) is 0 Å². The number of likely N-dealkylation sites (tertiary alicyclic amines) is 1. The number of methoxy groups -OCH3 is 1. The summed E-state index contributed by atoms with van der Waals surface area (Å²) in [7, 11) is 1.70. The van der Waals surface area contributed by atoms with E-state index in [1.165, 1.54) is 4.90 Å². The summed E-state index contributed by atoms with van der Waals surface area (Å²) in [4.78, 5) is 12.1. The van der Waals surface area contributed by atoms with Gasteiger partial charge in [0.25, 0.3) is 0 Å². The Morgan fingerprint density at radius 3 is 2.62 bits per heavy atom. The summed E-state index contributed by atoms with van der Waals surface area (Å²) in [6.07, 6.45) is 2.24. The van der Waals surface area contributed by atoms with Gasteiger partial charge >= 0.3 is 6.09 Å². The number of carboxylic acid groups (broad SMARTS) is 1. The van der Waals surface area contributed by atoms with E-state index in [1.807, 2.05) is 0 Å². The van der Waals surface area contributed by atoms with E-state index in [2.05, 4.69) is 0 Å². The quantitative estimate of drug-likeness (QED) is 0.726. The summed E-state index contributed by atoms with van der Waals surface area (Å²) in [5, 5.41) is 8.70. The molecule has 0 aromatic heterocycles. The Kier molecular flexibility index (Phi) is 4.02. The fourth-order valence-electron chi connectivity index (χ4n) is 1.70. The molecule has 4 heteroatoms. The van der Waals surface area contributed by atoms with Crippen molar-refractivity contribution in [1.82, 2.24) is 4.90 Å². The minimum absolute atomic E-state index is 0.649. The number of nitrogens with zero attached hydrogens (tertiary/aromatic N) is 1. The van der Waals surface area contributed by atoms with Crippen LogP contribution >= 0.6 is 0 Å². The third-order valence-corrected chi connectivity index (χ3v) is 2.62. The highest BCUT2D eigenvalue weighted by molar-refractivity contribution is 5.64. The first-order valence-electron chi connectivity index (χ1n) is 4.71. The van der Waals surface area contributed by atoms with Crippen LogP contribution < -0.4 is 0 Å². The van der Waals surface area contributed by atoms with Crippen LogP contribution in [0.4, 0.5) is 4.79 Å². The van der Waals surface area contributed by atoms with E-state index in [0.29, 0.717) is 19.0 Å². The number of amides is 1. The van der Waals surface area contributed by atoms with Crippen molar-refractivity contribution in [2.24, 2.45) is 5.92 Å². The van der Waals surface area contributed by atoms with E-state index >= 15 is 0 Å².